The smallest absolute Gasteiger partial charge is 0.261 e. The highest BCUT2D eigenvalue weighted by Gasteiger charge is 2.27. The van der Waals surface area contributed by atoms with E-state index in [1.54, 1.807) is 24.1 Å². The number of carbonyl (C=O) groups is 2. The molecule has 1 aromatic carbocycles. The molecule has 0 aliphatic carbocycles. The molecule has 0 atom stereocenters. The number of halogens is 1. The summed E-state index contributed by atoms with van der Waals surface area (Å²) >= 11 is 3.36. The number of piperidine rings is 1. The molecule has 1 aliphatic rings. The van der Waals surface area contributed by atoms with Crippen LogP contribution in [0.15, 0.2) is 33.8 Å². The molecule has 9 heteroatoms. The van der Waals surface area contributed by atoms with Crippen molar-refractivity contribution in [1.82, 2.24) is 19.8 Å². The predicted molar refractivity (Wildman–Crippen MR) is 113 cm³/mol. The third-order valence-electron chi connectivity index (χ3n) is 5.13. The van der Waals surface area contributed by atoms with Crippen LogP contribution in [-0.4, -0.2) is 59.6 Å². The first kappa shape index (κ1) is 21.4. The Hall–Kier alpha value is -2.26. The van der Waals surface area contributed by atoms with Crippen LogP contribution < -0.4 is 10.9 Å². The fraction of sp³-hybridized carbons (Fsp3) is 0.500. The normalized spacial score (nSPS) is 14.9. The Bertz CT molecular complexity index is 938. The molecule has 1 N–H and O–H groups in total. The fourth-order valence-electron chi connectivity index (χ4n) is 3.45. The lowest BCUT2D eigenvalue weighted by atomic mass is 9.96. The van der Waals surface area contributed by atoms with E-state index >= 15 is 0 Å². The minimum absolute atomic E-state index is 0.0359. The molecule has 2 heterocycles. The topological polar surface area (TPSA) is 93.5 Å². The molecule has 1 fully saturated rings. The average molecular weight is 465 g/mol. The van der Waals surface area contributed by atoms with Crippen molar-refractivity contribution >= 4 is 38.6 Å². The second-order valence-electron chi connectivity index (χ2n) is 7.13. The summed E-state index contributed by atoms with van der Waals surface area (Å²) in [6.45, 7) is 2.18. The maximum Gasteiger partial charge on any atom is 0.261 e. The van der Waals surface area contributed by atoms with Gasteiger partial charge in [0, 0.05) is 43.7 Å². The van der Waals surface area contributed by atoms with E-state index in [4.69, 9.17) is 4.74 Å². The van der Waals surface area contributed by atoms with Gasteiger partial charge in [-0.25, -0.2) is 4.98 Å². The Balaban J connectivity index is 1.55. The Labute approximate surface area is 177 Å². The highest BCUT2D eigenvalue weighted by molar-refractivity contribution is 9.10. The highest BCUT2D eigenvalue weighted by atomic mass is 79.9. The Morgan fingerprint density at radius 2 is 2.07 bits per heavy atom. The van der Waals surface area contributed by atoms with Crippen LogP contribution in [0.3, 0.4) is 0 Å². The zero-order valence-electron chi connectivity index (χ0n) is 16.4. The summed E-state index contributed by atoms with van der Waals surface area (Å²) in [6.07, 6.45) is 3.45. The number of methoxy groups -OCH3 is 1. The second kappa shape index (κ2) is 9.98. The molecule has 8 nitrogen and oxygen atoms in total. The van der Waals surface area contributed by atoms with Crippen LogP contribution in [0.4, 0.5) is 0 Å². The first-order chi connectivity index (χ1) is 14.0. The van der Waals surface area contributed by atoms with Gasteiger partial charge in [0.25, 0.3) is 5.56 Å². The number of likely N-dealkylation sites (tertiary alicyclic amines) is 1. The van der Waals surface area contributed by atoms with Crippen molar-refractivity contribution in [3.05, 3.63) is 39.4 Å². The van der Waals surface area contributed by atoms with Crippen LogP contribution in [0.2, 0.25) is 0 Å². The number of nitrogens with one attached hydrogen (secondary N) is 1. The molecule has 0 unspecified atom stereocenters. The number of nitrogens with zero attached hydrogens (tertiary/aromatic N) is 3. The lowest BCUT2D eigenvalue weighted by Gasteiger charge is -2.31. The van der Waals surface area contributed by atoms with Gasteiger partial charge in [-0.1, -0.05) is 15.9 Å². The molecule has 2 amide bonds. The summed E-state index contributed by atoms with van der Waals surface area (Å²) in [4.78, 5) is 43.5. The standard InChI is InChI=1S/C20H25BrN4O4/c1-29-10-2-7-22-19(27)14-5-8-24(9-6-14)18(26)12-25-13-23-17-4-3-15(21)11-16(17)20(25)28/h3-4,11,13-14H,2,5-10,12H2,1H3,(H,22,27). The van der Waals surface area contributed by atoms with E-state index in [1.165, 1.54) is 10.9 Å². The zero-order valence-corrected chi connectivity index (χ0v) is 18.0. The molecular weight excluding hydrogens is 440 g/mol. The molecule has 1 aromatic heterocycles. The largest absolute Gasteiger partial charge is 0.385 e. The van der Waals surface area contributed by atoms with Gasteiger partial charge in [0.05, 0.1) is 17.2 Å². The molecule has 3 rings (SSSR count). The lowest BCUT2D eigenvalue weighted by Crippen LogP contribution is -2.45. The van der Waals surface area contributed by atoms with Gasteiger partial charge < -0.3 is 15.0 Å². The number of ether oxygens (including phenoxy) is 1. The van der Waals surface area contributed by atoms with Crippen molar-refractivity contribution in [3.63, 3.8) is 0 Å². The molecule has 0 radical (unpaired) electrons. The van der Waals surface area contributed by atoms with E-state index in [1.807, 2.05) is 6.07 Å². The number of carbonyl (C=O) groups excluding carboxylic acids is 2. The van der Waals surface area contributed by atoms with Crippen molar-refractivity contribution in [1.29, 1.82) is 0 Å². The number of amides is 2. The lowest BCUT2D eigenvalue weighted by molar-refractivity contribution is -0.136. The van der Waals surface area contributed by atoms with Gasteiger partial charge in [-0.3, -0.25) is 19.0 Å². The van der Waals surface area contributed by atoms with Gasteiger partial charge in [-0.05, 0) is 37.5 Å². The van der Waals surface area contributed by atoms with Crippen molar-refractivity contribution in [2.45, 2.75) is 25.8 Å². The van der Waals surface area contributed by atoms with Crippen LogP contribution in [0.5, 0.6) is 0 Å². The third kappa shape index (κ3) is 5.42. The van der Waals surface area contributed by atoms with Crippen LogP contribution in [0.25, 0.3) is 10.9 Å². The molecule has 1 aliphatic heterocycles. The Morgan fingerprint density at radius 1 is 1.31 bits per heavy atom. The molecule has 0 spiro atoms. The summed E-state index contributed by atoms with van der Waals surface area (Å²) in [6, 6.07) is 5.29. The summed E-state index contributed by atoms with van der Waals surface area (Å²) in [5.41, 5.74) is 0.356. The zero-order chi connectivity index (χ0) is 20.8. The minimum Gasteiger partial charge on any atom is -0.385 e. The van der Waals surface area contributed by atoms with Gasteiger partial charge in [-0.15, -0.1) is 0 Å². The van der Waals surface area contributed by atoms with Gasteiger partial charge in [-0.2, -0.15) is 0 Å². The SMILES string of the molecule is COCCCNC(=O)C1CCN(C(=O)Cn2cnc3ccc(Br)cc3c2=O)CC1. The molecule has 0 bridgehead atoms. The van der Waals surface area contributed by atoms with E-state index in [0.717, 1.165) is 10.9 Å². The number of benzene rings is 1. The summed E-state index contributed by atoms with van der Waals surface area (Å²) in [7, 11) is 1.63. The molecular formula is C20H25BrN4O4. The number of hydrogen-bond donors (Lipinski definition) is 1. The second-order valence-corrected chi connectivity index (χ2v) is 8.05. The highest BCUT2D eigenvalue weighted by Crippen LogP contribution is 2.18. The third-order valence-corrected chi connectivity index (χ3v) is 5.63. The predicted octanol–water partition coefficient (Wildman–Crippen LogP) is 1.55. The number of rotatable bonds is 7. The summed E-state index contributed by atoms with van der Waals surface area (Å²) in [5, 5.41) is 3.39. The van der Waals surface area contributed by atoms with E-state index < -0.39 is 0 Å². The summed E-state index contributed by atoms with van der Waals surface area (Å²) < 4.78 is 7.10. The molecule has 156 valence electrons. The minimum atomic E-state index is -0.241. The number of fused-ring (bicyclic) bond motifs is 1. The Morgan fingerprint density at radius 3 is 2.79 bits per heavy atom. The fourth-order valence-corrected chi connectivity index (χ4v) is 3.81. The van der Waals surface area contributed by atoms with Gasteiger partial charge >= 0.3 is 0 Å². The van der Waals surface area contributed by atoms with Crippen molar-refractivity contribution in [2.75, 3.05) is 33.4 Å². The van der Waals surface area contributed by atoms with Crippen LogP contribution in [-0.2, 0) is 20.9 Å². The van der Waals surface area contributed by atoms with E-state index in [0.29, 0.717) is 50.0 Å². The van der Waals surface area contributed by atoms with Crippen molar-refractivity contribution < 1.29 is 14.3 Å². The quantitative estimate of drug-likeness (QED) is 0.627. The van der Waals surface area contributed by atoms with Crippen molar-refractivity contribution in [3.8, 4) is 0 Å². The van der Waals surface area contributed by atoms with E-state index in [9.17, 15) is 14.4 Å². The maximum absolute atomic E-state index is 12.7. The van der Waals surface area contributed by atoms with E-state index in [-0.39, 0.29) is 29.8 Å². The monoisotopic (exact) mass is 464 g/mol. The Kier molecular flexibility index (Phi) is 7.38. The molecule has 2 aromatic rings. The average Bonchev–Trinajstić information content (AvgIpc) is 2.73. The van der Waals surface area contributed by atoms with Gasteiger partial charge in [0.2, 0.25) is 11.8 Å². The van der Waals surface area contributed by atoms with Crippen molar-refractivity contribution in [2.24, 2.45) is 5.92 Å². The number of aromatic nitrogens is 2. The van der Waals surface area contributed by atoms with Crippen LogP contribution >= 0.6 is 15.9 Å². The molecule has 1 saturated heterocycles. The van der Waals surface area contributed by atoms with Gasteiger partial charge in [0.15, 0.2) is 0 Å². The van der Waals surface area contributed by atoms with Crippen LogP contribution in [0, 0.1) is 5.92 Å². The maximum atomic E-state index is 12.7. The first-order valence-electron chi connectivity index (χ1n) is 9.68. The molecule has 0 saturated carbocycles. The van der Waals surface area contributed by atoms with E-state index in [2.05, 4.69) is 26.2 Å². The summed E-state index contributed by atoms with van der Waals surface area (Å²) in [5.74, 6) is -0.181. The molecule has 29 heavy (non-hydrogen) atoms. The van der Waals surface area contributed by atoms with Gasteiger partial charge in [0.1, 0.15) is 6.54 Å². The number of hydrogen-bond acceptors (Lipinski definition) is 5. The van der Waals surface area contributed by atoms with Crippen LogP contribution in [0.1, 0.15) is 19.3 Å². The first-order valence-corrected chi connectivity index (χ1v) is 10.5.